The van der Waals surface area contributed by atoms with Crippen molar-refractivity contribution in [2.24, 2.45) is 17.3 Å². The SMILES string of the molecule is CC12CC1C(C(=O)O)CC=C2F. The van der Waals surface area contributed by atoms with Crippen molar-refractivity contribution in [3.63, 3.8) is 0 Å². The molecule has 0 heterocycles. The maximum Gasteiger partial charge on any atom is 0.307 e. The molecule has 12 heavy (non-hydrogen) atoms. The second kappa shape index (κ2) is 2.09. The van der Waals surface area contributed by atoms with Gasteiger partial charge in [0.15, 0.2) is 0 Å². The standard InChI is InChI=1S/C9H11FO2/c1-9-4-6(9)5(8(11)12)2-3-7(9)10/h3,5-6H,2,4H2,1H3,(H,11,12). The Balaban J connectivity index is 2.24. The van der Waals surface area contributed by atoms with Gasteiger partial charge in [-0.3, -0.25) is 4.79 Å². The van der Waals surface area contributed by atoms with E-state index in [9.17, 15) is 9.18 Å². The van der Waals surface area contributed by atoms with Crippen molar-refractivity contribution in [3.05, 3.63) is 11.9 Å². The number of rotatable bonds is 1. The lowest BCUT2D eigenvalue weighted by molar-refractivity contribution is -0.142. The Morgan fingerprint density at radius 1 is 1.83 bits per heavy atom. The number of carboxylic acid groups (broad SMARTS) is 1. The fraction of sp³-hybridized carbons (Fsp3) is 0.667. The van der Waals surface area contributed by atoms with Gasteiger partial charge in [0.25, 0.3) is 0 Å². The summed E-state index contributed by atoms with van der Waals surface area (Å²) < 4.78 is 13.1. The maximum absolute atomic E-state index is 13.1. The molecular weight excluding hydrogens is 159 g/mol. The number of hydrogen-bond donors (Lipinski definition) is 1. The van der Waals surface area contributed by atoms with Gasteiger partial charge in [-0.25, -0.2) is 4.39 Å². The lowest BCUT2D eigenvalue weighted by Gasteiger charge is -2.19. The molecule has 0 aliphatic heterocycles. The molecule has 2 rings (SSSR count). The highest BCUT2D eigenvalue weighted by atomic mass is 19.1. The lowest BCUT2D eigenvalue weighted by Crippen LogP contribution is -2.21. The average Bonchev–Trinajstić information content (AvgIpc) is 2.64. The summed E-state index contributed by atoms with van der Waals surface area (Å²) in [6, 6.07) is 0. The molecule has 0 spiro atoms. The topological polar surface area (TPSA) is 37.3 Å². The molecule has 0 bridgehead atoms. The number of carbonyl (C=O) groups is 1. The van der Waals surface area contributed by atoms with Crippen LogP contribution in [0.4, 0.5) is 4.39 Å². The molecule has 1 fully saturated rings. The van der Waals surface area contributed by atoms with Gasteiger partial charge >= 0.3 is 5.97 Å². The molecule has 0 saturated heterocycles. The molecule has 3 heteroatoms. The van der Waals surface area contributed by atoms with Gasteiger partial charge in [-0.15, -0.1) is 0 Å². The highest BCUT2D eigenvalue weighted by molar-refractivity contribution is 5.72. The van der Waals surface area contributed by atoms with Crippen LogP contribution in [0.5, 0.6) is 0 Å². The van der Waals surface area contributed by atoms with Gasteiger partial charge in [-0.05, 0) is 18.8 Å². The van der Waals surface area contributed by atoms with Crippen molar-refractivity contribution < 1.29 is 14.3 Å². The van der Waals surface area contributed by atoms with Crippen molar-refractivity contribution in [1.29, 1.82) is 0 Å². The first-order valence-electron chi connectivity index (χ1n) is 4.14. The summed E-state index contributed by atoms with van der Waals surface area (Å²) in [5, 5.41) is 8.78. The van der Waals surface area contributed by atoms with E-state index in [2.05, 4.69) is 0 Å². The van der Waals surface area contributed by atoms with E-state index in [1.807, 2.05) is 0 Å². The van der Waals surface area contributed by atoms with Gasteiger partial charge < -0.3 is 5.11 Å². The first kappa shape index (κ1) is 7.77. The normalized spacial score (nSPS) is 44.7. The van der Waals surface area contributed by atoms with Gasteiger partial charge in [-0.2, -0.15) is 0 Å². The Kier molecular flexibility index (Phi) is 1.35. The molecule has 66 valence electrons. The van der Waals surface area contributed by atoms with Crippen molar-refractivity contribution in [2.75, 3.05) is 0 Å². The molecular formula is C9H11FO2. The second-order valence-corrected chi connectivity index (χ2v) is 3.96. The lowest BCUT2D eigenvalue weighted by atomic mass is 9.87. The fourth-order valence-electron chi connectivity index (χ4n) is 2.16. The highest BCUT2D eigenvalue weighted by Gasteiger charge is 2.60. The Morgan fingerprint density at radius 3 is 3.08 bits per heavy atom. The molecule has 2 aliphatic rings. The number of halogens is 1. The van der Waals surface area contributed by atoms with E-state index in [1.165, 1.54) is 6.08 Å². The van der Waals surface area contributed by atoms with E-state index in [1.54, 1.807) is 6.92 Å². The molecule has 1 saturated carbocycles. The summed E-state index contributed by atoms with van der Waals surface area (Å²) in [5.41, 5.74) is -0.429. The Bertz CT molecular complexity index is 272. The molecule has 2 nitrogen and oxygen atoms in total. The molecule has 0 amide bonds. The Hall–Kier alpha value is -0.860. The van der Waals surface area contributed by atoms with Crippen LogP contribution in [0.2, 0.25) is 0 Å². The number of fused-ring (bicyclic) bond motifs is 1. The fourth-order valence-corrected chi connectivity index (χ4v) is 2.16. The molecule has 0 aromatic carbocycles. The third-order valence-electron chi connectivity index (χ3n) is 3.20. The van der Waals surface area contributed by atoms with Crippen LogP contribution < -0.4 is 0 Å². The minimum atomic E-state index is -0.785. The molecule has 3 atom stereocenters. The van der Waals surface area contributed by atoms with Crippen LogP contribution in [-0.2, 0) is 4.79 Å². The Labute approximate surface area is 70.1 Å². The summed E-state index contributed by atoms with van der Waals surface area (Å²) in [5.74, 6) is -1.20. The van der Waals surface area contributed by atoms with E-state index in [4.69, 9.17) is 5.11 Å². The van der Waals surface area contributed by atoms with Gasteiger partial charge in [0.1, 0.15) is 5.83 Å². The quantitative estimate of drug-likeness (QED) is 0.653. The van der Waals surface area contributed by atoms with Crippen LogP contribution in [0.15, 0.2) is 11.9 Å². The maximum atomic E-state index is 13.1. The molecule has 0 aromatic heterocycles. The predicted molar refractivity (Wildman–Crippen MR) is 41.1 cm³/mol. The van der Waals surface area contributed by atoms with E-state index in [0.29, 0.717) is 12.8 Å². The van der Waals surface area contributed by atoms with E-state index in [0.717, 1.165) is 0 Å². The summed E-state index contributed by atoms with van der Waals surface area (Å²) in [6.07, 6.45) is 2.50. The molecule has 3 unspecified atom stereocenters. The molecule has 0 aromatic rings. The summed E-state index contributed by atoms with van der Waals surface area (Å²) in [7, 11) is 0. The molecule has 0 radical (unpaired) electrons. The minimum Gasteiger partial charge on any atom is -0.481 e. The van der Waals surface area contributed by atoms with Crippen LogP contribution in [0.25, 0.3) is 0 Å². The third-order valence-corrected chi connectivity index (χ3v) is 3.20. The van der Waals surface area contributed by atoms with E-state index < -0.39 is 11.4 Å². The van der Waals surface area contributed by atoms with Crippen LogP contribution in [-0.4, -0.2) is 11.1 Å². The van der Waals surface area contributed by atoms with Crippen LogP contribution in [0.3, 0.4) is 0 Å². The zero-order valence-electron chi connectivity index (χ0n) is 6.88. The molecule has 1 N–H and O–H groups in total. The van der Waals surface area contributed by atoms with Crippen molar-refractivity contribution in [2.45, 2.75) is 19.8 Å². The number of allylic oxidation sites excluding steroid dienone is 2. The minimum absolute atomic E-state index is 0.0417. The average molecular weight is 170 g/mol. The first-order chi connectivity index (χ1) is 5.55. The van der Waals surface area contributed by atoms with Gasteiger partial charge in [0.2, 0.25) is 0 Å². The summed E-state index contributed by atoms with van der Waals surface area (Å²) in [6.45, 7) is 1.80. The van der Waals surface area contributed by atoms with E-state index >= 15 is 0 Å². The van der Waals surface area contributed by atoms with Crippen molar-refractivity contribution in [3.8, 4) is 0 Å². The zero-order chi connectivity index (χ0) is 8.93. The van der Waals surface area contributed by atoms with E-state index in [-0.39, 0.29) is 17.7 Å². The highest BCUT2D eigenvalue weighted by Crippen LogP contribution is 2.64. The van der Waals surface area contributed by atoms with Crippen LogP contribution >= 0.6 is 0 Å². The van der Waals surface area contributed by atoms with Gasteiger partial charge in [0.05, 0.1) is 5.92 Å². The van der Waals surface area contributed by atoms with Crippen molar-refractivity contribution >= 4 is 5.97 Å². The molecule has 2 aliphatic carbocycles. The Morgan fingerprint density at radius 2 is 2.50 bits per heavy atom. The monoisotopic (exact) mass is 170 g/mol. The van der Waals surface area contributed by atoms with Gasteiger partial charge in [0, 0.05) is 5.41 Å². The predicted octanol–water partition coefficient (Wildman–Crippen LogP) is 1.97. The number of hydrogen-bond acceptors (Lipinski definition) is 1. The first-order valence-corrected chi connectivity index (χ1v) is 4.14. The zero-order valence-corrected chi connectivity index (χ0v) is 6.88. The van der Waals surface area contributed by atoms with Crippen LogP contribution in [0, 0.1) is 17.3 Å². The third kappa shape index (κ3) is 0.822. The van der Waals surface area contributed by atoms with Crippen LogP contribution in [0.1, 0.15) is 19.8 Å². The second-order valence-electron chi connectivity index (χ2n) is 3.96. The smallest absolute Gasteiger partial charge is 0.307 e. The largest absolute Gasteiger partial charge is 0.481 e. The number of carboxylic acids is 1. The summed E-state index contributed by atoms with van der Waals surface area (Å²) in [4.78, 5) is 10.7. The summed E-state index contributed by atoms with van der Waals surface area (Å²) >= 11 is 0. The van der Waals surface area contributed by atoms with Crippen molar-refractivity contribution in [1.82, 2.24) is 0 Å². The number of aliphatic carboxylic acids is 1. The van der Waals surface area contributed by atoms with Gasteiger partial charge in [-0.1, -0.05) is 13.0 Å².